The second-order valence-electron chi connectivity index (χ2n) is 6.34. The number of benzene rings is 1. The van der Waals surface area contributed by atoms with E-state index in [0.717, 1.165) is 25.7 Å². The van der Waals surface area contributed by atoms with E-state index in [1.165, 1.54) is 21.7 Å². The van der Waals surface area contributed by atoms with E-state index in [9.17, 15) is 13.2 Å². The van der Waals surface area contributed by atoms with Gasteiger partial charge in [0.25, 0.3) is 0 Å². The second kappa shape index (κ2) is 7.93. The SMILES string of the molecule is Cc1cccc(CCCNC(=O)C2CCCN(S(C)(=O)=O)C2)c1. The summed E-state index contributed by atoms with van der Waals surface area (Å²) < 4.78 is 24.6. The number of nitrogens with one attached hydrogen (secondary N) is 1. The standard InChI is InChI=1S/C17H26N2O3S/c1-14-6-3-7-15(12-14)8-4-10-18-17(20)16-9-5-11-19(13-16)23(2,21)22/h3,6-7,12,16H,4-5,8-11,13H2,1-2H3,(H,18,20). The number of sulfonamides is 1. The van der Waals surface area contributed by atoms with Crippen LogP contribution in [0, 0.1) is 12.8 Å². The molecule has 5 nitrogen and oxygen atoms in total. The van der Waals surface area contributed by atoms with Crippen molar-refractivity contribution in [2.75, 3.05) is 25.9 Å². The molecule has 1 aromatic rings. The molecule has 1 unspecified atom stereocenters. The molecule has 6 heteroatoms. The highest BCUT2D eigenvalue weighted by Crippen LogP contribution is 2.18. The first-order valence-corrected chi connectivity index (χ1v) is 9.99. The number of carbonyl (C=O) groups is 1. The zero-order chi connectivity index (χ0) is 16.9. The van der Waals surface area contributed by atoms with Crippen molar-refractivity contribution in [1.82, 2.24) is 9.62 Å². The maximum absolute atomic E-state index is 12.2. The van der Waals surface area contributed by atoms with Crippen LogP contribution in [0.5, 0.6) is 0 Å². The molecule has 0 aliphatic carbocycles. The van der Waals surface area contributed by atoms with E-state index in [-0.39, 0.29) is 11.8 Å². The Morgan fingerprint density at radius 3 is 2.87 bits per heavy atom. The predicted molar refractivity (Wildman–Crippen MR) is 91.7 cm³/mol. The summed E-state index contributed by atoms with van der Waals surface area (Å²) in [7, 11) is -3.20. The van der Waals surface area contributed by atoms with Gasteiger partial charge in [0.2, 0.25) is 15.9 Å². The van der Waals surface area contributed by atoms with Crippen molar-refractivity contribution in [3.63, 3.8) is 0 Å². The van der Waals surface area contributed by atoms with Crippen molar-refractivity contribution in [3.05, 3.63) is 35.4 Å². The number of hydrogen-bond donors (Lipinski definition) is 1. The summed E-state index contributed by atoms with van der Waals surface area (Å²) in [6, 6.07) is 8.37. The fourth-order valence-corrected chi connectivity index (χ4v) is 3.89. The van der Waals surface area contributed by atoms with Crippen LogP contribution in [0.1, 0.15) is 30.4 Å². The Balaban J connectivity index is 1.74. The molecule has 0 radical (unpaired) electrons. The summed E-state index contributed by atoms with van der Waals surface area (Å²) >= 11 is 0. The summed E-state index contributed by atoms with van der Waals surface area (Å²) in [5, 5.41) is 2.95. The molecule has 0 saturated carbocycles. The van der Waals surface area contributed by atoms with Gasteiger partial charge in [-0.05, 0) is 38.2 Å². The lowest BCUT2D eigenvalue weighted by Crippen LogP contribution is -2.45. The number of piperidine rings is 1. The molecular formula is C17H26N2O3S. The molecule has 2 rings (SSSR count). The first-order valence-electron chi connectivity index (χ1n) is 8.14. The highest BCUT2D eigenvalue weighted by Gasteiger charge is 2.29. The lowest BCUT2D eigenvalue weighted by Gasteiger charge is -2.30. The Morgan fingerprint density at radius 2 is 2.17 bits per heavy atom. The minimum absolute atomic E-state index is 0.0254. The van der Waals surface area contributed by atoms with E-state index in [1.54, 1.807) is 0 Å². The van der Waals surface area contributed by atoms with E-state index >= 15 is 0 Å². The van der Waals surface area contributed by atoms with Gasteiger partial charge in [-0.25, -0.2) is 12.7 Å². The molecular weight excluding hydrogens is 312 g/mol. The van der Waals surface area contributed by atoms with Crippen LogP contribution in [0.4, 0.5) is 0 Å². The van der Waals surface area contributed by atoms with Gasteiger partial charge in [0.15, 0.2) is 0 Å². The number of amides is 1. The van der Waals surface area contributed by atoms with Crippen molar-refractivity contribution in [2.45, 2.75) is 32.6 Å². The number of carbonyl (C=O) groups excluding carboxylic acids is 1. The first-order chi connectivity index (χ1) is 10.9. The van der Waals surface area contributed by atoms with Gasteiger partial charge >= 0.3 is 0 Å². The smallest absolute Gasteiger partial charge is 0.224 e. The number of rotatable bonds is 6. The minimum atomic E-state index is -3.20. The Labute approximate surface area is 139 Å². The Kier molecular flexibility index (Phi) is 6.18. The molecule has 1 amide bonds. The topological polar surface area (TPSA) is 66.5 Å². The highest BCUT2D eigenvalue weighted by molar-refractivity contribution is 7.88. The van der Waals surface area contributed by atoms with E-state index in [2.05, 4.69) is 30.4 Å². The van der Waals surface area contributed by atoms with Crippen LogP contribution in [0.3, 0.4) is 0 Å². The molecule has 1 aliphatic heterocycles. The third-order valence-electron chi connectivity index (χ3n) is 4.25. The van der Waals surface area contributed by atoms with Gasteiger partial charge in [-0.1, -0.05) is 29.8 Å². The second-order valence-corrected chi connectivity index (χ2v) is 8.33. The summed E-state index contributed by atoms with van der Waals surface area (Å²) in [5.41, 5.74) is 2.52. The van der Waals surface area contributed by atoms with Gasteiger partial charge < -0.3 is 5.32 Å². The molecule has 1 aromatic carbocycles. The Morgan fingerprint density at radius 1 is 1.39 bits per heavy atom. The third kappa shape index (κ3) is 5.62. The van der Waals surface area contributed by atoms with Gasteiger partial charge in [-0.2, -0.15) is 0 Å². The van der Waals surface area contributed by atoms with Crippen molar-refractivity contribution in [1.29, 1.82) is 0 Å². The average Bonchev–Trinajstić information content (AvgIpc) is 2.51. The summed E-state index contributed by atoms with van der Waals surface area (Å²) in [6.45, 7) is 3.53. The molecule has 1 atom stereocenters. The molecule has 23 heavy (non-hydrogen) atoms. The van der Waals surface area contributed by atoms with Gasteiger partial charge in [0, 0.05) is 19.6 Å². The summed E-state index contributed by atoms with van der Waals surface area (Å²) in [5.74, 6) is -0.250. The monoisotopic (exact) mass is 338 g/mol. The van der Waals surface area contributed by atoms with Crippen molar-refractivity contribution in [2.24, 2.45) is 5.92 Å². The molecule has 0 aromatic heterocycles. The van der Waals surface area contributed by atoms with Crippen LogP contribution < -0.4 is 5.32 Å². The van der Waals surface area contributed by atoms with E-state index in [1.807, 2.05) is 6.07 Å². The maximum Gasteiger partial charge on any atom is 0.224 e. The molecule has 1 saturated heterocycles. The molecule has 0 spiro atoms. The van der Waals surface area contributed by atoms with Gasteiger partial charge in [-0.3, -0.25) is 4.79 Å². The fraction of sp³-hybridized carbons (Fsp3) is 0.588. The Bertz CT molecular complexity index is 643. The quantitative estimate of drug-likeness (QED) is 0.803. The van der Waals surface area contributed by atoms with Gasteiger partial charge in [0.1, 0.15) is 0 Å². The number of nitrogens with zero attached hydrogens (tertiary/aromatic N) is 1. The number of hydrogen-bond acceptors (Lipinski definition) is 3. The van der Waals surface area contributed by atoms with Crippen molar-refractivity contribution >= 4 is 15.9 Å². The molecule has 0 bridgehead atoms. The Hall–Kier alpha value is -1.40. The fourth-order valence-electron chi connectivity index (χ4n) is 2.97. The van der Waals surface area contributed by atoms with Crippen LogP contribution >= 0.6 is 0 Å². The van der Waals surface area contributed by atoms with Gasteiger partial charge in [-0.15, -0.1) is 0 Å². The van der Waals surface area contributed by atoms with E-state index < -0.39 is 10.0 Å². The van der Waals surface area contributed by atoms with Crippen molar-refractivity contribution < 1.29 is 13.2 Å². The number of aryl methyl sites for hydroxylation is 2. The minimum Gasteiger partial charge on any atom is -0.356 e. The van der Waals surface area contributed by atoms with Crippen molar-refractivity contribution in [3.8, 4) is 0 Å². The van der Waals surface area contributed by atoms with Crippen LogP contribution in [0.2, 0.25) is 0 Å². The molecule has 1 N–H and O–H groups in total. The summed E-state index contributed by atoms with van der Waals surface area (Å²) in [4.78, 5) is 12.2. The zero-order valence-electron chi connectivity index (χ0n) is 13.9. The van der Waals surface area contributed by atoms with E-state index in [0.29, 0.717) is 19.6 Å². The molecule has 1 fully saturated rings. The first kappa shape index (κ1) is 17.9. The van der Waals surface area contributed by atoms with Crippen LogP contribution in [-0.2, 0) is 21.2 Å². The largest absolute Gasteiger partial charge is 0.356 e. The van der Waals surface area contributed by atoms with Crippen LogP contribution in [0.25, 0.3) is 0 Å². The maximum atomic E-state index is 12.2. The summed E-state index contributed by atoms with van der Waals surface area (Å²) in [6.07, 6.45) is 4.53. The predicted octanol–water partition coefficient (Wildman–Crippen LogP) is 1.72. The molecule has 1 aliphatic rings. The third-order valence-corrected chi connectivity index (χ3v) is 5.52. The molecule has 1 heterocycles. The zero-order valence-corrected chi connectivity index (χ0v) is 14.7. The van der Waals surface area contributed by atoms with Crippen LogP contribution in [-0.4, -0.2) is 44.5 Å². The lowest BCUT2D eigenvalue weighted by atomic mass is 9.98. The highest BCUT2D eigenvalue weighted by atomic mass is 32.2. The van der Waals surface area contributed by atoms with Gasteiger partial charge in [0.05, 0.1) is 12.2 Å². The lowest BCUT2D eigenvalue weighted by molar-refractivity contribution is -0.126. The van der Waals surface area contributed by atoms with E-state index in [4.69, 9.17) is 0 Å². The molecule has 128 valence electrons. The normalized spacial score (nSPS) is 19.5. The van der Waals surface area contributed by atoms with Crippen LogP contribution in [0.15, 0.2) is 24.3 Å². The average molecular weight is 338 g/mol.